The van der Waals surface area contributed by atoms with Crippen molar-refractivity contribution in [2.24, 2.45) is 0 Å². The SMILES string of the molecule is COC(=O)c1ccc([N+](=O)[O-])c(NC2(CO)CCC2)n1. The average molecular weight is 281 g/mol. The first kappa shape index (κ1) is 14.2. The van der Waals surface area contributed by atoms with Gasteiger partial charge in [0.05, 0.1) is 24.2 Å². The average Bonchev–Trinajstić information content (AvgIpc) is 2.41. The number of nitro groups is 1. The molecule has 0 unspecified atom stereocenters. The summed E-state index contributed by atoms with van der Waals surface area (Å²) in [5.41, 5.74) is -0.850. The van der Waals surface area contributed by atoms with E-state index in [1.54, 1.807) is 0 Å². The third kappa shape index (κ3) is 2.55. The van der Waals surface area contributed by atoms with Crippen LogP contribution in [-0.4, -0.2) is 40.2 Å². The van der Waals surface area contributed by atoms with Crippen molar-refractivity contribution in [3.8, 4) is 0 Å². The molecule has 1 heterocycles. The molecule has 8 heteroatoms. The number of ether oxygens (including phenoxy) is 1. The summed E-state index contributed by atoms with van der Waals surface area (Å²) in [5, 5.41) is 23.3. The molecule has 0 radical (unpaired) electrons. The van der Waals surface area contributed by atoms with Gasteiger partial charge in [-0.1, -0.05) is 0 Å². The molecule has 0 atom stereocenters. The van der Waals surface area contributed by atoms with E-state index in [1.807, 2.05) is 0 Å². The van der Waals surface area contributed by atoms with Crippen LogP contribution in [0.15, 0.2) is 12.1 Å². The first-order valence-electron chi connectivity index (χ1n) is 6.14. The fourth-order valence-electron chi connectivity index (χ4n) is 2.09. The molecule has 0 spiro atoms. The van der Waals surface area contributed by atoms with Crippen LogP contribution in [0.2, 0.25) is 0 Å². The summed E-state index contributed by atoms with van der Waals surface area (Å²) >= 11 is 0. The van der Waals surface area contributed by atoms with Crippen LogP contribution in [0, 0.1) is 10.1 Å². The number of aromatic nitrogens is 1. The normalized spacial score (nSPS) is 16.1. The van der Waals surface area contributed by atoms with Crippen molar-refractivity contribution in [1.82, 2.24) is 4.98 Å². The van der Waals surface area contributed by atoms with E-state index >= 15 is 0 Å². The molecule has 1 fully saturated rings. The number of pyridine rings is 1. The van der Waals surface area contributed by atoms with Gasteiger partial charge in [-0.05, 0) is 25.3 Å². The number of hydrogen-bond acceptors (Lipinski definition) is 7. The van der Waals surface area contributed by atoms with E-state index in [0.717, 1.165) is 6.42 Å². The molecule has 0 aliphatic heterocycles. The largest absolute Gasteiger partial charge is 0.464 e. The highest BCUT2D eigenvalue weighted by Gasteiger charge is 2.38. The third-order valence-corrected chi connectivity index (χ3v) is 3.46. The minimum atomic E-state index is -0.672. The summed E-state index contributed by atoms with van der Waals surface area (Å²) in [5.74, 6) is -0.693. The first-order chi connectivity index (χ1) is 9.51. The zero-order valence-electron chi connectivity index (χ0n) is 11.0. The minimum Gasteiger partial charge on any atom is -0.464 e. The summed E-state index contributed by atoms with van der Waals surface area (Å²) < 4.78 is 4.54. The van der Waals surface area contributed by atoms with Crippen LogP contribution in [0.25, 0.3) is 0 Å². The summed E-state index contributed by atoms with van der Waals surface area (Å²) in [6.07, 6.45) is 2.33. The molecule has 0 bridgehead atoms. The molecule has 0 saturated heterocycles. The van der Waals surface area contributed by atoms with E-state index in [4.69, 9.17) is 0 Å². The Hall–Kier alpha value is -2.22. The Labute approximate surface area is 114 Å². The maximum atomic E-state index is 11.4. The Bertz CT molecular complexity index is 536. The highest BCUT2D eigenvalue weighted by molar-refractivity contribution is 5.88. The second-order valence-corrected chi connectivity index (χ2v) is 4.73. The van der Waals surface area contributed by atoms with Crippen molar-refractivity contribution in [3.05, 3.63) is 27.9 Å². The molecule has 0 aromatic carbocycles. The van der Waals surface area contributed by atoms with Gasteiger partial charge in [0, 0.05) is 6.07 Å². The zero-order chi connectivity index (χ0) is 14.8. The maximum absolute atomic E-state index is 11.4. The van der Waals surface area contributed by atoms with Crippen molar-refractivity contribution in [1.29, 1.82) is 0 Å². The Morgan fingerprint density at radius 3 is 2.75 bits per heavy atom. The van der Waals surface area contributed by atoms with Gasteiger partial charge in [0.15, 0.2) is 5.69 Å². The molecular formula is C12H15N3O5. The molecule has 1 saturated carbocycles. The Morgan fingerprint density at radius 1 is 1.60 bits per heavy atom. The second-order valence-electron chi connectivity index (χ2n) is 4.73. The minimum absolute atomic E-state index is 0.0204. The van der Waals surface area contributed by atoms with Crippen LogP contribution in [0.1, 0.15) is 29.8 Å². The second kappa shape index (κ2) is 5.41. The molecular weight excluding hydrogens is 266 g/mol. The van der Waals surface area contributed by atoms with Crippen molar-refractivity contribution in [2.75, 3.05) is 19.0 Å². The van der Waals surface area contributed by atoms with Crippen LogP contribution in [0.3, 0.4) is 0 Å². The van der Waals surface area contributed by atoms with Crippen LogP contribution in [-0.2, 0) is 4.74 Å². The Balaban J connectivity index is 2.36. The molecule has 8 nitrogen and oxygen atoms in total. The number of aliphatic hydroxyl groups excluding tert-OH is 1. The highest BCUT2D eigenvalue weighted by atomic mass is 16.6. The van der Waals surface area contributed by atoms with E-state index in [2.05, 4.69) is 15.0 Å². The van der Waals surface area contributed by atoms with Gasteiger partial charge in [0.25, 0.3) is 0 Å². The monoisotopic (exact) mass is 281 g/mol. The van der Waals surface area contributed by atoms with Gasteiger partial charge in [0.1, 0.15) is 0 Å². The van der Waals surface area contributed by atoms with Gasteiger partial charge < -0.3 is 15.2 Å². The van der Waals surface area contributed by atoms with Crippen molar-refractivity contribution in [2.45, 2.75) is 24.8 Å². The smallest absolute Gasteiger partial charge is 0.356 e. The number of hydrogen-bond donors (Lipinski definition) is 2. The van der Waals surface area contributed by atoms with E-state index < -0.39 is 16.4 Å². The van der Waals surface area contributed by atoms with Gasteiger partial charge in [-0.25, -0.2) is 9.78 Å². The number of anilines is 1. The van der Waals surface area contributed by atoms with Gasteiger partial charge in [0.2, 0.25) is 5.82 Å². The quantitative estimate of drug-likeness (QED) is 0.471. The maximum Gasteiger partial charge on any atom is 0.356 e. The number of nitrogens with zero attached hydrogens (tertiary/aromatic N) is 2. The highest BCUT2D eigenvalue weighted by Crippen LogP contribution is 2.36. The van der Waals surface area contributed by atoms with E-state index in [9.17, 15) is 20.0 Å². The number of methoxy groups -OCH3 is 1. The zero-order valence-corrected chi connectivity index (χ0v) is 11.0. The van der Waals surface area contributed by atoms with Crippen LogP contribution in [0.5, 0.6) is 0 Å². The van der Waals surface area contributed by atoms with E-state index in [0.29, 0.717) is 12.8 Å². The van der Waals surface area contributed by atoms with Crippen molar-refractivity contribution >= 4 is 17.5 Å². The molecule has 0 amide bonds. The lowest BCUT2D eigenvalue weighted by molar-refractivity contribution is -0.384. The fourth-order valence-corrected chi connectivity index (χ4v) is 2.09. The summed E-state index contributed by atoms with van der Waals surface area (Å²) in [6, 6.07) is 2.44. The lowest BCUT2D eigenvalue weighted by Crippen LogP contribution is -2.48. The van der Waals surface area contributed by atoms with E-state index in [-0.39, 0.29) is 23.8 Å². The summed E-state index contributed by atoms with van der Waals surface area (Å²) in [7, 11) is 1.21. The van der Waals surface area contributed by atoms with Crippen LogP contribution < -0.4 is 5.32 Å². The van der Waals surface area contributed by atoms with Gasteiger partial charge in [-0.2, -0.15) is 0 Å². The molecule has 1 aromatic rings. The molecule has 108 valence electrons. The Kier molecular flexibility index (Phi) is 3.84. The third-order valence-electron chi connectivity index (χ3n) is 3.46. The van der Waals surface area contributed by atoms with Gasteiger partial charge in [-0.15, -0.1) is 0 Å². The lowest BCUT2D eigenvalue weighted by Gasteiger charge is -2.41. The molecule has 2 rings (SSSR count). The number of carbonyl (C=O) groups is 1. The lowest BCUT2D eigenvalue weighted by atomic mass is 9.77. The number of aliphatic hydroxyl groups is 1. The Morgan fingerprint density at radius 2 is 2.30 bits per heavy atom. The number of rotatable bonds is 5. The first-order valence-corrected chi connectivity index (χ1v) is 6.14. The molecule has 1 aliphatic rings. The van der Waals surface area contributed by atoms with Gasteiger partial charge >= 0.3 is 11.7 Å². The number of esters is 1. The molecule has 2 N–H and O–H groups in total. The molecule has 1 aliphatic carbocycles. The summed E-state index contributed by atoms with van der Waals surface area (Å²) in [4.78, 5) is 25.8. The molecule has 20 heavy (non-hydrogen) atoms. The summed E-state index contributed by atoms with van der Waals surface area (Å²) in [6.45, 7) is -0.145. The topological polar surface area (TPSA) is 115 Å². The van der Waals surface area contributed by atoms with Crippen molar-refractivity contribution < 1.29 is 19.6 Å². The predicted molar refractivity (Wildman–Crippen MR) is 69.5 cm³/mol. The number of carbonyl (C=O) groups excluding carboxylic acids is 1. The number of nitrogens with one attached hydrogen (secondary N) is 1. The molecule has 1 aromatic heterocycles. The fraction of sp³-hybridized carbons (Fsp3) is 0.500. The van der Waals surface area contributed by atoms with Crippen LogP contribution in [0.4, 0.5) is 11.5 Å². The predicted octanol–water partition coefficient (Wildman–Crippen LogP) is 1.10. The van der Waals surface area contributed by atoms with Crippen molar-refractivity contribution in [3.63, 3.8) is 0 Å². The van der Waals surface area contributed by atoms with Gasteiger partial charge in [-0.3, -0.25) is 10.1 Å². The van der Waals surface area contributed by atoms with Crippen LogP contribution >= 0.6 is 0 Å². The standard InChI is InChI=1S/C12H15N3O5/c1-20-11(17)8-3-4-9(15(18)19)10(13-8)14-12(7-16)5-2-6-12/h3-4,16H,2,5-7H2,1H3,(H,13,14). The van der Waals surface area contributed by atoms with E-state index in [1.165, 1.54) is 19.2 Å².